The molecule has 196 valence electrons. The first-order valence-corrected chi connectivity index (χ1v) is 12.0. The Hall–Kier alpha value is -4.07. The molecule has 0 unspecified atom stereocenters. The van der Waals surface area contributed by atoms with Crippen LogP contribution in [0.3, 0.4) is 0 Å². The smallest absolute Gasteiger partial charge is 0.261 e. The molecule has 0 radical (unpaired) electrons. The highest BCUT2D eigenvalue weighted by molar-refractivity contribution is 5.88. The van der Waals surface area contributed by atoms with E-state index in [-0.39, 0.29) is 30.9 Å². The molecule has 3 aromatic carbocycles. The Bertz CT molecular complexity index is 1150. The maximum absolute atomic E-state index is 13.6. The van der Waals surface area contributed by atoms with E-state index in [2.05, 4.69) is 5.32 Å². The van der Waals surface area contributed by atoms with E-state index in [0.717, 1.165) is 5.56 Å². The number of rotatable bonds is 12. The first kappa shape index (κ1) is 27.5. The Morgan fingerprint density at radius 1 is 0.865 bits per heavy atom. The van der Waals surface area contributed by atoms with E-state index in [1.54, 1.807) is 30.3 Å². The van der Waals surface area contributed by atoms with Crippen molar-refractivity contribution in [3.8, 4) is 17.2 Å². The van der Waals surface area contributed by atoms with Crippen molar-refractivity contribution in [3.63, 3.8) is 0 Å². The molecule has 0 aromatic heterocycles. The second kappa shape index (κ2) is 13.3. The van der Waals surface area contributed by atoms with E-state index >= 15 is 0 Å². The number of nitrogens with zero attached hydrogens (tertiary/aromatic N) is 1. The summed E-state index contributed by atoms with van der Waals surface area (Å²) in [6.45, 7) is 3.51. The second-order valence-electron chi connectivity index (χ2n) is 8.85. The Morgan fingerprint density at radius 2 is 1.46 bits per heavy atom. The highest BCUT2D eigenvalue weighted by Crippen LogP contribution is 2.27. The molecule has 0 fully saturated rings. The van der Waals surface area contributed by atoms with Gasteiger partial charge in [0.25, 0.3) is 5.91 Å². The summed E-state index contributed by atoms with van der Waals surface area (Å²) in [6, 6.07) is 19.4. The summed E-state index contributed by atoms with van der Waals surface area (Å²) < 4.78 is 29.9. The van der Waals surface area contributed by atoms with Crippen LogP contribution in [0, 0.1) is 5.82 Å². The average Bonchev–Trinajstić information content (AvgIpc) is 2.90. The summed E-state index contributed by atoms with van der Waals surface area (Å²) >= 11 is 0. The standard InChI is InChI=1S/C29H33FN2O5/c1-20(2)31-29(34)27(14-21-8-6-5-7-9-21)32(18-22-10-12-23(30)13-11-22)28(33)19-37-26-16-24(35-3)15-25(17-26)36-4/h5-13,15-17,20,27H,14,18-19H2,1-4H3,(H,31,34)/t27-/m0/s1. The number of benzene rings is 3. The largest absolute Gasteiger partial charge is 0.496 e. The molecule has 7 nitrogen and oxygen atoms in total. The molecule has 0 aliphatic rings. The van der Waals surface area contributed by atoms with Gasteiger partial charge in [0.1, 0.15) is 29.1 Å². The number of ether oxygens (including phenoxy) is 3. The van der Waals surface area contributed by atoms with Crippen LogP contribution in [0.15, 0.2) is 72.8 Å². The number of amides is 2. The number of carbonyl (C=O) groups excluding carboxylic acids is 2. The molecule has 0 aliphatic heterocycles. The number of halogens is 1. The van der Waals surface area contributed by atoms with Gasteiger partial charge in [-0.25, -0.2) is 4.39 Å². The third-order valence-corrected chi connectivity index (χ3v) is 5.66. The zero-order chi connectivity index (χ0) is 26.8. The summed E-state index contributed by atoms with van der Waals surface area (Å²) in [4.78, 5) is 28.4. The molecule has 3 rings (SSSR count). The fourth-order valence-electron chi connectivity index (χ4n) is 3.81. The SMILES string of the molecule is COc1cc(OC)cc(OCC(=O)N(Cc2ccc(F)cc2)[C@@H](Cc2ccccc2)C(=O)NC(C)C)c1. The second-order valence-corrected chi connectivity index (χ2v) is 8.85. The molecule has 1 N–H and O–H groups in total. The lowest BCUT2D eigenvalue weighted by molar-refractivity contribution is -0.143. The highest BCUT2D eigenvalue weighted by Gasteiger charge is 2.31. The van der Waals surface area contributed by atoms with Gasteiger partial charge < -0.3 is 24.4 Å². The van der Waals surface area contributed by atoms with Crippen molar-refractivity contribution in [2.75, 3.05) is 20.8 Å². The quantitative estimate of drug-likeness (QED) is 0.393. The van der Waals surface area contributed by atoms with Crippen LogP contribution < -0.4 is 19.5 Å². The van der Waals surface area contributed by atoms with E-state index < -0.39 is 11.9 Å². The van der Waals surface area contributed by atoms with E-state index in [1.165, 1.54) is 31.3 Å². The van der Waals surface area contributed by atoms with Crippen molar-refractivity contribution < 1.29 is 28.2 Å². The van der Waals surface area contributed by atoms with Gasteiger partial charge in [-0.3, -0.25) is 9.59 Å². The predicted molar refractivity (Wildman–Crippen MR) is 139 cm³/mol. The van der Waals surface area contributed by atoms with Crippen molar-refractivity contribution in [1.82, 2.24) is 10.2 Å². The van der Waals surface area contributed by atoms with Gasteiger partial charge >= 0.3 is 0 Å². The first-order valence-electron chi connectivity index (χ1n) is 12.0. The van der Waals surface area contributed by atoms with Crippen molar-refractivity contribution in [2.24, 2.45) is 0 Å². The van der Waals surface area contributed by atoms with Crippen LogP contribution in [0.2, 0.25) is 0 Å². The van der Waals surface area contributed by atoms with Crippen molar-refractivity contribution in [3.05, 3.63) is 89.7 Å². The van der Waals surface area contributed by atoms with Crippen LogP contribution in [0.5, 0.6) is 17.2 Å². The summed E-state index contributed by atoms with van der Waals surface area (Å²) in [6.07, 6.45) is 0.305. The van der Waals surface area contributed by atoms with Gasteiger partial charge in [-0.05, 0) is 37.1 Å². The van der Waals surface area contributed by atoms with E-state index in [4.69, 9.17) is 14.2 Å². The maximum Gasteiger partial charge on any atom is 0.261 e. The molecule has 0 bridgehead atoms. The molecule has 1 atom stereocenters. The molecule has 8 heteroatoms. The van der Waals surface area contributed by atoms with Crippen molar-refractivity contribution in [2.45, 2.75) is 38.9 Å². The van der Waals surface area contributed by atoms with Crippen LogP contribution in [-0.2, 0) is 22.6 Å². The fraction of sp³-hybridized carbons (Fsp3) is 0.310. The Kier molecular flexibility index (Phi) is 9.89. The van der Waals surface area contributed by atoms with E-state index in [1.807, 2.05) is 44.2 Å². The topological polar surface area (TPSA) is 77.1 Å². The van der Waals surface area contributed by atoms with Gasteiger partial charge in [-0.1, -0.05) is 42.5 Å². The highest BCUT2D eigenvalue weighted by atomic mass is 19.1. The molecule has 3 aromatic rings. The molecular weight excluding hydrogens is 475 g/mol. The van der Waals surface area contributed by atoms with Crippen LogP contribution in [0.25, 0.3) is 0 Å². The lowest BCUT2D eigenvalue weighted by Gasteiger charge is -2.32. The summed E-state index contributed by atoms with van der Waals surface area (Å²) in [5.74, 6) is 0.364. The normalized spacial score (nSPS) is 11.5. The summed E-state index contributed by atoms with van der Waals surface area (Å²) in [5.41, 5.74) is 1.59. The van der Waals surface area contributed by atoms with Crippen molar-refractivity contribution >= 4 is 11.8 Å². The van der Waals surface area contributed by atoms with Crippen LogP contribution >= 0.6 is 0 Å². The van der Waals surface area contributed by atoms with Crippen LogP contribution in [0.1, 0.15) is 25.0 Å². The number of hydrogen-bond donors (Lipinski definition) is 1. The van der Waals surface area contributed by atoms with Gasteiger partial charge in [-0.2, -0.15) is 0 Å². The summed E-state index contributed by atoms with van der Waals surface area (Å²) in [7, 11) is 3.05. The summed E-state index contributed by atoms with van der Waals surface area (Å²) in [5, 5.41) is 2.93. The molecule has 0 heterocycles. The number of hydrogen-bond acceptors (Lipinski definition) is 5. The Morgan fingerprint density at radius 3 is 2.03 bits per heavy atom. The third-order valence-electron chi connectivity index (χ3n) is 5.66. The van der Waals surface area contributed by atoms with Crippen molar-refractivity contribution in [1.29, 1.82) is 0 Å². The lowest BCUT2D eigenvalue weighted by atomic mass is 10.0. The number of carbonyl (C=O) groups is 2. The zero-order valence-corrected chi connectivity index (χ0v) is 21.6. The molecule has 0 aliphatic carbocycles. The number of methoxy groups -OCH3 is 2. The van der Waals surface area contributed by atoms with Gasteiger partial charge in [0, 0.05) is 37.2 Å². The molecule has 37 heavy (non-hydrogen) atoms. The molecule has 0 spiro atoms. The van der Waals surface area contributed by atoms with Gasteiger partial charge in [0.15, 0.2) is 6.61 Å². The molecule has 2 amide bonds. The van der Waals surface area contributed by atoms with E-state index in [0.29, 0.717) is 29.2 Å². The average molecular weight is 509 g/mol. The lowest BCUT2D eigenvalue weighted by Crippen LogP contribution is -2.52. The first-order chi connectivity index (χ1) is 17.8. The third kappa shape index (κ3) is 8.24. The predicted octanol–water partition coefficient (Wildman–Crippen LogP) is 4.39. The molecular formula is C29H33FN2O5. The fourth-order valence-corrected chi connectivity index (χ4v) is 3.81. The molecule has 0 saturated heterocycles. The minimum Gasteiger partial charge on any atom is -0.496 e. The van der Waals surface area contributed by atoms with Gasteiger partial charge in [0.05, 0.1) is 14.2 Å². The Balaban J connectivity index is 1.91. The van der Waals surface area contributed by atoms with Gasteiger partial charge in [-0.15, -0.1) is 0 Å². The van der Waals surface area contributed by atoms with Crippen LogP contribution in [-0.4, -0.2) is 49.6 Å². The van der Waals surface area contributed by atoms with E-state index in [9.17, 15) is 14.0 Å². The van der Waals surface area contributed by atoms with Gasteiger partial charge in [0.2, 0.25) is 5.91 Å². The number of nitrogens with one attached hydrogen (secondary N) is 1. The monoisotopic (exact) mass is 508 g/mol. The minimum atomic E-state index is -0.814. The minimum absolute atomic E-state index is 0.104. The Labute approximate surface area is 217 Å². The maximum atomic E-state index is 13.6. The van der Waals surface area contributed by atoms with Crippen LogP contribution in [0.4, 0.5) is 4.39 Å². The zero-order valence-electron chi connectivity index (χ0n) is 21.6. The molecule has 0 saturated carbocycles.